The molecule has 0 saturated heterocycles. The van der Waals surface area contributed by atoms with Crippen LogP contribution in [0, 0.1) is 5.82 Å². The second-order valence-electron chi connectivity index (χ2n) is 5.40. The summed E-state index contributed by atoms with van der Waals surface area (Å²) in [7, 11) is 0. The van der Waals surface area contributed by atoms with Crippen molar-refractivity contribution >= 4 is 28.3 Å². The minimum absolute atomic E-state index is 0.255. The Bertz CT molecular complexity index is 852. The molecule has 0 atom stereocenters. The standard InChI is InChI=1S/C16H13ClFN3/c17-9-1-5-13(19)12(7-9)16-20-14-6-2-10(18)8-15(14)21(16)11-3-4-11/h1-2,5-8,11H,3-4,19H2. The fraction of sp³-hybridized carbons (Fsp3) is 0.188. The number of nitrogens with zero attached hydrogens (tertiary/aromatic N) is 2. The van der Waals surface area contributed by atoms with Crippen molar-refractivity contribution in [3.63, 3.8) is 0 Å². The average Bonchev–Trinajstić information content (AvgIpc) is 3.22. The Morgan fingerprint density at radius 2 is 2.00 bits per heavy atom. The van der Waals surface area contributed by atoms with Gasteiger partial charge < -0.3 is 10.3 Å². The lowest BCUT2D eigenvalue weighted by molar-refractivity contribution is 0.628. The molecular formula is C16H13ClFN3. The first-order valence-electron chi connectivity index (χ1n) is 6.86. The number of benzene rings is 2. The van der Waals surface area contributed by atoms with Crippen molar-refractivity contribution < 1.29 is 4.39 Å². The van der Waals surface area contributed by atoms with Gasteiger partial charge in [0.1, 0.15) is 11.6 Å². The van der Waals surface area contributed by atoms with Crippen LogP contribution in [-0.2, 0) is 0 Å². The lowest BCUT2D eigenvalue weighted by Gasteiger charge is -2.10. The van der Waals surface area contributed by atoms with Crippen molar-refractivity contribution in [2.45, 2.75) is 18.9 Å². The zero-order chi connectivity index (χ0) is 14.6. The summed E-state index contributed by atoms with van der Waals surface area (Å²) in [6.07, 6.45) is 2.16. The molecule has 1 aliphatic carbocycles. The van der Waals surface area contributed by atoms with Gasteiger partial charge in [0.2, 0.25) is 0 Å². The van der Waals surface area contributed by atoms with Gasteiger partial charge >= 0.3 is 0 Å². The van der Waals surface area contributed by atoms with Crippen LogP contribution in [0.5, 0.6) is 0 Å². The number of aromatic nitrogens is 2. The van der Waals surface area contributed by atoms with Crippen molar-refractivity contribution in [1.82, 2.24) is 9.55 Å². The highest BCUT2D eigenvalue weighted by molar-refractivity contribution is 6.31. The molecule has 1 heterocycles. The lowest BCUT2D eigenvalue weighted by atomic mass is 10.1. The third-order valence-electron chi connectivity index (χ3n) is 3.82. The third kappa shape index (κ3) is 2.07. The number of hydrogen-bond donors (Lipinski definition) is 1. The van der Waals surface area contributed by atoms with Crippen molar-refractivity contribution in [3.8, 4) is 11.4 Å². The van der Waals surface area contributed by atoms with Crippen molar-refractivity contribution in [2.75, 3.05) is 5.73 Å². The van der Waals surface area contributed by atoms with E-state index in [0.717, 1.165) is 35.3 Å². The van der Waals surface area contributed by atoms with Gasteiger partial charge in [-0.3, -0.25) is 0 Å². The molecule has 3 nitrogen and oxygen atoms in total. The molecule has 0 amide bonds. The van der Waals surface area contributed by atoms with Crippen LogP contribution < -0.4 is 5.73 Å². The normalized spacial score (nSPS) is 14.8. The van der Waals surface area contributed by atoms with Gasteiger partial charge in [0, 0.05) is 22.3 Å². The fourth-order valence-electron chi connectivity index (χ4n) is 2.68. The van der Waals surface area contributed by atoms with E-state index in [-0.39, 0.29) is 5.82 Å². The third-order valence-corrected chi connectivity index (χ3v) is 4.05. The maximum absolute atomic E-state index is 13.6. The van der Waals surface area contributed by atoms with Gasteiger partial charge in [0.25, 0.3) is 0 Å². The zero-order valence-electron chi connectivity index (χ0n) is 11.2. The monoisotopic (exact) mass is 301 g/mol. The molecule has 0 aliphatic heterocycles. The van der Waals surface area contributed by atoms with E-state index in [0.29, 0.717) is 16.8 Å². The molecule has 1 saturated carbocycles. The SMILES string of the molecule is Nc1ccc(Cl)cc1-c1nc2ccc(F)cc2n1C1CC1. The predicted molar refractivity (Wildman–Crippen MR) is 82.8 cm³/mol. The van der Waals surface area contributed by atoms with Gasteiger partial charge in [-0.2, -0.15) is 0 Å². The molecule has 5 heteroatoms. The molecule has 1 aromatic heterocycles. The highest BCUT2D eigenvalue weighted by Crippen LogP contribution is 2.42. The fourth-order valence-corrected chi connectivity index (χ4v) is 2.85. The van der Waals surface area contributed by atoms with Crippen LogP contribution in [-0.4, -0.2) is 9.55 Å². The number of nitrogen functional groups attached to an aromatic ring is 1. The number of halogens is 2. The summed E-state index contributed by atoms with van der Waals surface area (Å²) in [5.74, 6) is 0.507. The molecule has 2 aromatic carbocycles. The first-order valence-corrected chi connectivity index (χ1v) is 7.24. The van der Waals surface area contributed by atoms with E-state index in [1.165, 1.54) is 12.1 Å². The second-order valence-corrected chi connectivity index (χ2v) is 5.84. The van der Waals surface area contributed by atoms with Gasteiger partial charge in [0.05, 0.1) is 11.0 Å². The first kappa shape index (κ1) is 12.7. The van der Waals surface area contributed by atoms with E-state index in [2.05, 4.69) is 9.55 Å². The van der Waals surface area contributed by atoms with E-state index in [9.17, 15) is 4.39 Å². The summed E-state index contributed by atoms with van der Waals surface area (Å²) in [6, 6.07) is 10.4. The maximum atomic E-state index is 13.6. The Labute approximate surface area is 126 Å². The molecule has 2 N–H and O–H groups in total. The molecule has 1 aliphatic rings. The Balaban J connectivity index is 2.04. The maximum Gasteiger partial charge on any atom is 0.143 e. The molecule has 0 spiro atoms. The number of hydrogen-bond acceptors (Lipinski definition) is 2. The minimum atomic E-state index is -0.255. The van der Waals surface area contributed by atoms with Crippen LogP contribution in [0.3, 0.4) is 0 Å². The molecular weight excluding hydrogens is 289 g/mol. The van der Waals surface area contributed by atoms with Crippen LogP contribution in [0.4, 0.5) is 10.1 Å². The molecule has 0 radical (unpaired) electrons. The Kier molecular flexibility index (Phi) is 2.69. The van der Waals surface area contributed by atoms with E-state index >= 15 is 0 Å². The lowest BCUT2D eigenvalue weighted by Crippen LogP contribution is -2.00. The largest absolute Gasteiger partial charge is 0.398 e. The van der Waals surface area contributed by atoms with Crippen molar-refractivity contribution in [3.05, 3.63) is 47.2 Å². The van der Waals surface area contributed by atoms with Gasteiger partial charge in [0.15, 0.2) is 0 Å². The first-order chi connectivity index (χ1) is 10.1. The molecule has 0 unspecified atom stereocenters. The Morgan fingerprint density at radius 3 is 2.76 bits per heavy atom. The van der Waals surface area contributed by atoms with E-state index < -0.39 is 0 Å². The summed E-state index contributed by atoms with van der Waals surface area (Å²) in [5.41, 5.74) is 9.08. The minimum Gasteiger partial charge on any atom is -0.398 e. The van der Waals surface area contributed by atoms with E-state index in [4.69, 9.17) is 17.3 Å². The molecule has 106 valence electrons. The Morgan fingerprint density at radius 1 is 1.19 bits per heavy atom. The van der Waals surface area contributed by atoms with Crippen molar-refractivity contribution in [2.24, 2.45) is 0 Å². The highest BCUT2D eigenvalue weighted by atomic mass is 35.5. The van der Waals surface area contributed by atoms with E-state index in [1.807, 2.05) is 6.07 Å². The number of anilines is 1. The molecule has 21 heavy (non-hydrogen) atoms. The summed E-state index contributed by atoms with van der Waals surface area (Å²) in [4.78, 5) is 4.64. The number of rotatable bonds is 2. The van der Waals surface area contributed by atoms with Crippen LogP contribution in [0.25, 0.3) is 22.4 Å². The van der Waals surface area contributed by atoms with Crippen molar-refractivity contribution in [1.29, 1.82) is 0 Å². The Hall–Kier alpha value is -2.07. The van der Waals surface area contributed by atoms with Crippen LogP contribution in [0.2, 0.25) is 5.02 Å². The topological polar surface area (TPSA) is 43.8 Å². The highest BCUT2D eigenvalue weighted by Gasteiger charge is 2.29. The van der Waals surface area contributed by atoms with Gasteiger partial charge in [-0.1, -0.05) is 11.6 Å². The van der Waals surface area contributed by atoms with Gasteiger partial charge in [-0.15, -0.1) is 0 Å². The molecule has 4 rings (SSSR count). The smallest absolute Gasteiger partial charge is 0.143 e. The molecule has 3 aromatic rings. The predicted octanol–water partition coefficient (Wildman–Crippen LogP) is 4.41. The number of nitrogens with two attached hydrogens (primary N) is 1. The number of fused-ring (bicyclic) bond motifs is 1. The number of imidazole rings is 1. The molecule has 1 fully saturated rings. The van der Waals surface area contributed by atoms with Gasteiger partial charge in [-0.05, 0) is 49.2 Å². The van der Waals surface area contributed by atoms with E-state index in [1.54, 1.807) is 18.2 Å². The van der Waals surface area contributed by atoms with Gasteiger partial charge in [-0.25, -0.2) is 9.37 Å². The average molecular weight is 302 g/mol. The van der Waals surface area contributed by atoms with Crippen LogP contribution in [0.1, 0.15) is 18.9 Å². The second kappa shape index (κ2) is 4.46. The summed E-state index contributed by atoms with van der Waals surface area (Å²) >= 11 is 6.09. The van der Waals surface area contributed by atoms with Crippen LogP contribution in [0.15, 0.2) is 36.4 Å². The zero-order valence-corrected chi connectivity index (χ0v) is 11.9. The summed E-state index contributed by atoms with van der Waals surface area (Å²) in [6.45, 7) is 0. The molecule has 0 bridgehead atoms. The summed E-state index contributed by atoms with van der Waals surface area (Å²) in [5, 5.41) is 0.611. The summed E-state index contributed by atoms with van der Waals surface area (Å²) < 4.78 is 15.7. The quantitative estimate of drug-likeness (QED) is 0.712. The van der Waals surface area contributed by atoms with Crippen LogP contribution >= 0.6 is 11.6 Å².